The lowest BCUT2D eigenvalue weighted by Crippen LogP contribution is -2.35. The van der Waals surface area contributed by atoms with Crippen molar-refractivity contribution in [1.29, 1.82) is 0 Å². The number of hydrogen-bond donors (Lipinski definition) is 2. The Bertz CT molecular complexity index is 1170. The number of anilines is 2. The highest BCUT2D eigenvalue weighted by Crippen LogP contribution is 2.34. The van der Waals surface area contributed by atoms with E-state index in [0.29, 0.717) is 22.6 Å². The quantitative estimate of drug-likeness (QED) is 0.579. The lowest BCUT2D eigenvalue weighted by Gasteiger charge is -2.24. The van der Waals surface area contributed by atoms with Gasteiger partial charge in [0.05, 0.1) is 12.1 Å². The van der Waals surface area contributed by atoms with E-state index in [2.05, 4.69) is 20.5 Å². The summed E-state index contributed by atoms with van der Waals surface area (Å²) in [5, 5.41) is 9.72. The highest BCUT2D eigenvalue weighted by atomic mass is 19.4. The second-order valence-corrected chi connectivity index (χ2v) is 7.10. The number of aromatic nitrogens is 2. The van der Waals surface area contributed by atoms with Crippen LogP contribution >= 0.6 is 0 Å². The fourth-order valence-corrected chi connectivity index (χ4v) is 3.39. The number of halogens is 4. The number of rotatable bonds is 4. The first-order valence-corrected chi connectivity index (χ1v) is 9.42. The normalized spacial score (nSPS) is 15.7. The molecule has 0 spiro atoms. The van der Waals surface area contributed by atoms with Gasteiger partial charge in [-0.15, -0.1) is 13.2 Å². The number of fused-ring (bicyclic) bond motifs is 1. The molecule has 0 radical (unpaired) electrons. The number of hydrogen-bond acceptors (Lipinski definition) is 4. The lowest BCUT2D eigenvalue weighted by molar-refractivity contribution is -0.274. The number of nitrogens with one attached hydrogen (secondary N) is 2. The topological polar surface area (TPSA) is 85.2 Å². The Labute approximate surface area is 179 Å². The minimum atomic E-state index is -4.82. The maximum atomic E-state index is 13.3. The molecule has 1 aliphatic heterocycles. The van der Waals surface area contributed by atoms with E-state index in [1.54, 1.807) is 6.92 Å². The lowest BCUT2D eigenvalue weighted by atomic mass is 10.1. The van der Waals surface area contributed by atoms with Crippen molar-refractivity contribution in [3.05, 3.63) is 59.9 Å². The monoisotopic (exact) mass is 448 g/mol. The molecule has 0 saturated carbocycles. The van der Waals surface area contributed by atoms with Gasteiger partial charge in [-0.3, -0.25) is 9.59 Å². The third-order valence-electron chi connectivity index (χ3n) is 4.85. The summed E-state index contributed by atoms with van der Waals surface area (Å²) in [6.45, 7) is 1.72. The maximum absolute atomic E-state index is 13.3. The summed E-state index contributed by atoms with van der Waals surface area (Å²) in [5.74, 6) is -1.46. The SMILES string of the molecule is Cc1c(-c2ccc(F)cc2)nn2c1NC(=O)C[C@@H]2C(=O)Nc1ccc(OC(F)(F)F)cc1. The summed E-state index contributed by atoms with van der Waals surface area (Å²) in [4.78, 5) is 25.1. The van der Waals surface area contributed by atoms with Crippen LogP contribution in [0.3, 0.4) is 0 Å². The predicted octanol–water partition coefficient (Wildman–Crippen LogP) is 4.42. The fraction of sp³-hybridized carbons (Fsp3) is 0.190. The van der Waals surface area contributed by atoms with Crippen molar-refractivity contribution in [3.63, 3.8) is 0 Å². The summed E-state index contributed by atoms with van der Waals surface area (Å²) in [5.41, 5.74) is 1.92. The molecule has 2 aromatic carbocycles. The molecule has 0 saturated heterocycles. The van der Waals surface area contributed by atoms with Crippen molar-refractivity contribution in [3.8, 4) is 17.0 Å². The molecule has 1 aliphatic rings. The largest absolute Gasteiger partial charge is 0.573 e. The van der Waals surface area contributed by atoms with Gasteiger partial charge in [-0.1, -0.05) is 0 Å². The molecule has 3 aromatic rings. The first-order chi connectivity index (χ1) is 15.1. The van der Waals surface area contributed by atoms with Gasteiger partial charge in [-0.25, -0.2) is 9.07 Å². The van der Waals surface area contributed by atoms with Crippen molar-refractivity contribution in [2.24, 2.45) is 0 Å². The van der Waals surface area contributed by atoms with Crippen LogP contribution in [-0.2, 0) is 9.59 Å². The number of amides is 2. The van der Waals surface area contributed by atoms with Gasteiger partial charge in [-0.05, 0) is 55.5 Å². The average Bonchev–Trinajstić information content (AvgIpc) is 3.05. The highest BCUT2D eigenvalue weighted by molar-refractivity contribution is 6.02. The molecular formula is C21H16F4N4O3. The van der Waals surface area contributed by atoms with Crippen LogP contribution in [0.5, 0.6) is 5.75 Å². The zero-order chi connectivity index (χ0) is 23.0. The van der Waals surface area contributed by atoms with Crippen molar-refractivity contribution in [1.82, 2.24) is 9.78 Å². The molecule has 1 atom stereocenters. The summed E-state index contributed by atoms with van der Waals surface area (Å²) in [6.07, 6.45) is -5.01. The first-order valence-electron chi connectivity index (χ1n) is 9.42. The Morgan fingerprint density at radius 1 is 1.16 bits per heavy atom. The van der Waals surface area contributed by atoms with Crippen LogP contribution in [0.4, 0.5) is 29.1 Å². The van der Waals surface area contributed by atoms with E-state index in [1.807, 2.05) is 0 Å². The number of alkyl halides is 3. The fourth-order valence-electron chi connectivity index (χ4n) is 3.39. The third kappa shape index (κ3) is 4.41. The molecule has 1 aromatic heterocycles. The van der Waals surface area contributed by atoms with Gasteiger partial charge >= 0.3 is 6.36 Å². The molecule has 0 unspecified atom stereocenters. The van der Waals surface area contributed by atoms with Crippen LogP contribution in [-0.4, -0.2) is 28.0 Å². The first kappa shape index (κ1) is 21.3. The average molecular weight is 448 g/mol. The second kappa shape index (κ2) is 7.98. The minimum absolute atomic E-state index is 0.182. The van der Waals surface area contributed by atoms with E-state index in [4.69, 9.17) is 0 Å². The van der Waals surface area contributed by atoms with E-state index in [9.17, 15) is 27.2 Å². The molecule has 2 N–H and O–H groups in total. The van der Waals surface area contributed by atoms with Crippen LogP contribution in [0.2, 0.25) is 0 Å². The second-order valence-electron chi connectivity index (χ2n) is 7.10. The van der Waals surface area contributed by atoms with Gasteiger partial charge < -0.3 is 15.4 Å². The van der Waals surface area contributed by atoms with Crippen LogP contribution in [0.25, 0.3) is 11.3 Å². The van der Waals surface area contributed by atoms with Crippen LogP contribution < -0.4 is 15.4 Å². The standard InChI is InChI=1S/C21H16F4N4O3/c1-11-18(12-2-4-13(22)5-3-12)28-29-16(10-17(30)27-19(11)29)20(31)26-14-6-8-15(9-7-14)32-21(23,24)25/h2-9,16H,10H2,1H3,(H,26,31)(H,27,30)/t16-/m1/s1. The van der Waals surface area contributed by atoms with Gasteiger partial charge in [0, 0.05) is 16.8 Å². The maximum Gasteiger partial charge on any atom is 0.573 e. The minimum Gasteiger partial charge on any atom is -0.406 e. The van der Waals surface area contributed by atoms with Gasteiger partial charge in [0.25, 0.3) is 0 Å². The number of nitrogens with zero attached hydrogens (tertiary/aromatic N) is 2. The van der Waals surface area contributed by atoms with E-state index >= 15 is 0 Å². The Morgan fingerprint density at radius 3 is 2.44 bits per heavy atom. The van der Waals surface area contributed by atoms with E-state index < -0.39 is 29.9 Å². The molecule has 2 heterocycles. The van der Waals surface area contributed by atoms with Gasteiger partial charge in [0.1, 0.15) is 23.4 Å². The Morgan fingerprint density at radius 2 is 1.81 bits per heavy atom. The van der Waals surface area contributed by atoms with Crippen molar-refractivity contribution >= 4 is 23.3 Å². The molecular weight excluding hydrogens is 432 g/mol. The van der Waals surface area contributed by atoms with E-state index in [-0.39, 0.29) is 18.0 Å². The molecule has 4 rings (SSSR count). The van der Waals surface area contributed by atoms with Gasteiger partial charge in [0.15, 0.2) is 0 Å². The molecule has 166 valence electrons. The molecule has 2 amide bonds. The molecule has 11 heteroatoms. The molecule has 0 fully saturated rings. The summed E-state index contributed by atoms with van der Waals surface area (Å²) in [7, 11) is 0. The van der Waals surface area contributed by atoms with Crippen molar-refractivity contribution < 1.29 is 31.9 Å². The predicted molar refractivity (Wildman–Crippen MR) is 106 cm³/mol. The van der Waals surface area contributed by atoms with E-state index in [1.165, 1.54) is 41.1 Å². The number of benzene rings is 2. The van der Waals surface area contributed by atoms with E-state index in [0.717, 1.165) is 12.1 Å². The van der Waals surface area contributed by atoms with Gasteiger partial charge in [-0.2, -0.15) is 5.10 Å². The van der Waals surface area contributed by atoms with Crippen LogP contribution in [0.15, 0.2) is 48.5 Å². The Balaban J connectivity index is 1.58. The summed E-state index contributed by atoms with van der Waals surface area (Å²) >= 11 is 0. The Kier molecular flexibility index (Phi) is 5.33. The summed E-state index contributed by atoms with van der Waals surface area (Å²) in [6, 6.07) is 9.28. The van der Waals surface area contributed by atoms with Crippen molar-refractivity contribution in [2.75, 3.05) is 10.6 Å². The van der Waals surface area contributed by atoms with Crippen molar-refractivity contribution in [2.45, 2.75) is 25.7 Å². The smallest absolute Gasteiger partial charge is 0.406 e. The molecule has 0 bridgehead atoms. The molecule has 7 nitrogen and oxygen atoms in total. The molecule has 0 aliphatic carbocycles. The van der Waals surface area contributed by atoms with Crippen LogP contribution in [0, 0.1) is 12.7 Å². The third-order valence-corrected chi connectivity index (χ3v) is 4.85. The van der Waals surface area contributed by atoms with Crippen LogP contribution in [0.1, 0.15) is 18.0 Å². The zero-order valence-electron chi connectivity index (χ0n) is 16.5. The molecule has 32 heavy (non-hydrogen) atoms. The Hall–Kier alpha value is -3.89. The summed E-state index contributed by atoms with van der Waals surface area (Å²) < 4.78 is 55.3. The number of carbonyl (C=O) groups excluding carboxylic acids is 2. The zero-order valence-corrected chi connectivity index (χ0v) is 16.5. The number of carbonyl (C=O) groups is 2. The highest BCUT2D eigenvalue weighted by Gasteiger charge is 2.34. The number of ether oxygens (including phenoxy) is 1. The van der Waals surface area contributed by atoms with Gasteiger partial charge in [0.2, 0.25) is 11.8 Å².